The topological polar surface area (TPSA) is 68.5 Å². The minimum absolute atomic E-state index is 0.175. The molecule has 6 nitrogen and oxygen atoms in total. The van der Waals surface area contributed by atoms with E-state index in [9.17, 15) is 4.79 Å². The van der Waals surface area contributed by atoms with Gasteiger partial charge in [0.05, 0.1) is 11.9 Å². The highest BCUT2D eigenvalue weighted by atomic mass is 35.5. The molecule has 0 fully saturated rings. The van der Waals surface area contributed by atoms with Crippen molar-refractivity contribution in [1.82, 2.24) is 15.2 Å². The highest BCUT2D eigenvalue weighted by Crippen LogP contribution is 2.23. The predicted octanol–water partition coefficient (Wildman–Crippen LogP) is 5.03. The van der Waals surface area contributed by atoms with Crippen molar-refractivity contribution in [3.8, 4) is 22.7 Å². The minimum Gasteiger partial charge on any atom is -0.484 e. The van der Waals surface area contributed by atoms with Crippen LogP contribution in [0.5, 0.6) is 5.75 Å². The van der Waals surface area contributed by atoms with Gasteiger partial charge in [-0.15, -0.1) is 0 Å². The largest absolute Gasteiger partial charge is 0.484 e. The first-order chi connectivity index (χ1) is 15.6. The molecule has 3 aromatic carbocycles. The van der Waals surface area contributed by atoms with Crippen molar-refractivity contribution in [2.24, 2.45) is 5.10 Å². The van der Waals surface area contributed by atoms with Crippen LogP contribution < -0.4 is 10.2 Å². The average Bonchev–Trinajstić information content (AvgIpc) is 3.23. The van der Waals surface area contributed by atoms with Gasteiger partial charge in [0.2, 0.25) is 0 Å². The summed E-state index contributed by atoms with van der Waals surface area (Å²) < 4.78 is 7.23. The van der Waals surface area contributed by atoms with E-state index in [1.807, 2.05) is 61.7 Å². The molecule has 1 N–H and O–H groups in total. The summed E-state index contributed by atoms with van der Waals surface area (Å²) in [7, 11) is 0. The van der Waals surface area contributed by atoms with Gasteiger partial charge < -0.3 is 4.74 Å². The van der Waals surface area contributed by atoms with Gasteiger partial charge in [0.15, 0.2) is 6.61 Å². The lowest BCUT2D eigenvalue weighted by molar-refractivity contribution is -0.123. The van der Waals surface area contributed by atoms with Gasteiger partial charge in [-0.1, -0.05) is 59.6 Å². The molecule has 0 radical (unpaired) electrons. The summed E-state index contributed by atoms with van der Waals surface area (Å²) in [5.74, 6) is 0.135. The summed E-state index contributed by atoms with van der Waals surface area (Å²) in [5.41, 5.74) is 7.06. The quantitative estimate of drug-likeness (QED) is 0.321. The number of aromatic nitrogens is 2. The fraction of sp³-hybridized carbons (Fsp3) is 0.0800. The normalized spacial score (nSPS) is 10.9. The molecule has 1 amide bonds. The Kier molecular flexibility index (Phi) is 6.63. The molecular formula is C25H21ClN4O2. The van der Waals surface area contributed by atoms with E-state index in [0.717, 1.165) is 28.1 Å². The van der Waals surface area contributed by atoms with Crippen molar-refractivity contribution in [2.45, 2.75) is 6.92 Å². The van der Waals surface area contributed by atoms with Crippen molar-refractivity contribution in [3.05, 3.63) is 101 Å². The maximum atomic E-state index is 12.1. The number of halogens is 1. The van der Waals surface area contributed by atoms with Crippen LogP contribution in [0.2, 0.25) is 5.02 Å². The Hall–Kier alpha value is -3.90. The Bertz CT molecular complexity index is 1250. The molecule has 0 saturated heterocycles. The number of nitrogens with one attached hydrogen (secondary N) is 1. The third kappa shape index (κ3) is 5.42. The second-order valence-corrected chi connectivity index (χ2v) is 7.56. The number of benzene rings is 3. The summed E-state index contributed by atoms with van der Waals surface area (Å²) in [5, 5.41) is 9.39. The van der Waals surface area contributed by atoms with E-state index in [1.54, 1.807) is 35.2 Å². The molecule has 0 bridgehead atoms. The fourth-order valence-corrected chi connectivity index (χ4v) is 3.30. The van der Waals surface area contributed by atoms with Gasteiger partial charge >= 0.3 is 0 Å². The number of amides is 1. The first-order valence-electron chi connectivity index (χ1n) is 10.0. The van der Waals surface area contributed by atoms with E-state index >= 15 is 0 Å². The molecule has 0 spiro atoms. The van der Waals surface area contributed by atoms with E-state index in [0.29, 0.717) is 10.8 Å². The molecule has 1 aromatic heterocycles. The van der Waals surface area contributed by atoms with Crippen molar-refractivity contribution in [1.29, 1.82) is 0 Å². The number of rotatable bonds is 7. The molecule has 160 valence electrons. The zero-order chi connectivity index (χ0) is 22.3. The van der Waals surface area contributed by atoms with Crippen LogP contribution >= 0.6 is 11.6 Å². The van der Waals surface area contributed by atoms with Crippen LogP contribution in [-0.4, -0.2) is 28.5 Å². The van der Waals surface area contributed by atoms with E-state index in [4.69, 9.17) is 21.4 Å². The lowest BCUT2D eigenvalue weighted by Gasteiger charge is -2.05. The molecule has 7 heteroatoms. The highest BCUT2D eigenvalue weighted by Gasteiger charge is 2.11. The second-order valence-electron chi connectivity index (χ2n) is 7.12. The van der Waals surface area contributed by atoms with Crippen molar-refractivity contribution in [2.75, 3.05) is 6.61 Å². The molecule has 0 aliphatic heterocycles. The Balaban J connectivity index is 1.50. The molecule has 0 aliphatic carbocycles. The zero-order valence-electron chi connectivity index (χ0n) is 17.4. The van der Waals surface area contributed by atoms with E-state index in [1.165, 1.54) is 0 Å². The Morgan fingerprint density at radius 2 is 1.91 bits per heavy atom. The van der Waals surface area contributed by atoms with E-state index in [-0.39, 0.29) is 12.5 Å². The van der Waals surface area contributed by atoms with Gasteiger partial charge in [0.1, 0.15) is 11.4 Å². The number of nitrogens with zero attached hydrogens (tertiary/aromatic N) is 3. The Morgan fingerprint density at radius 3 is 2.69 bits per heavy atom. The van der Waals surface area contributed by atoms with Gasteiger partial charge in [-0.05, 0) is 43.3 Å². The minimum atomic E-state index is -0.381. The van der Waals surface area contributed by atoms with Crippen LogP contribution in [0.1, 0.15) is 11.1 Å². The number of ether oxygens (including phenoxy) is 1. The molecule has 1 heterocycles. The van der Waals surface area contributed by atoms with Gasteiger partial charge in [-0.3, -0.25) is 4.79 Å². The third-order valence-electron chi connectivity index (χ3n) is 4.61. The fourth-order valence-electron chi connectivity index (χ4n) is 3.12. The van der Waals surface area contributed by atoms with E-state index < -0.39 is 0 Å². The molecule has 4 aromatic rings. The molecule has 0 unspecified atom stereocenters. The summed E-state index contributed by atoms with van der Waals surface area (Å²) in [4.78, 5) is 12.1. The maximum Gasteiger partial charge on any atom is 0.277 e. The molecule has 32 heavy (non-hydrogen) atoms. The summed E-state index contributed by atoms with van der Waals surface area (Å²) in [6.07, 6.45) is 3.46. The van der Waals surface area contributed by atoms with Crippen molar-refractivity contribution < 1.29 is 9.53 Å². The van der Waals surface area contributed by atoms with Crippen molar-refractivity contribution >= 4 is 23.7 Å². The number of carbonyl (C=O) groups excluding carboxylic acids is 1. The number of para-hydroxylation sites is 1. The zero-order valence-corrected chi connectivity index (χ0v) is 18.2. The SMILES string of the molecule is Cc1cccc(-c2nn(-c3ccccc3)cc2/C=N\NC(=O)COc2cccc(Cl)c2)c1. The van der Waals surface area contributed by atoms with Gasteiger partial charge in [0, 0.05) is 22.3 Å². The third-order valence-corrected chi connectivity index (χ3v) is 4.85. The smallest absolute Gasteiger partial charge is 0.277 e. The van der Waals surface area contributed by atoms with Crippen LogP contribution in [0.15, 0.2) is 90.2 Å². The summed E-state index contributed by atoms with van der Waals surface area (Å²) in [6, 6.07) is 24.8. The first kappa shape index (κ1) is 21.3. The van der Waals surface area contributed by atoms with Crippen LogP contribution in [-0.2, 0) is 4.79 Å². The predicted molar refractivity (Wildman–Crippen MR) is 126 cm³/mol. The van der Waals surface area contributed by atoms with E-state index in [2.05, 4.69) is 16.6 Å². The van der Waals surface area contributed by atoms with Crippen LogP contribution in [0, 0.1) is 6.92 Å². The molecule has 4 rings (SSSR count). The Morgan fingerprint density at radius 1 is 1.09 bits per heavy atom. The second kappa shape index (κ2) is 9.94. The van der Waals surface area contributed by atoms with Gasteiger partial charge in [0.25, 0.3) is 5.91 Å². The summed E-state index contributed by atoms with van der Waals surface area (Å²) in [6.45, 7) is 1.86. The van der Waals surface area contributed by atoms with Crippen LogP contribution in [0.4, 0.5) is 0 Å². The number of hydrazone groups is 1. The molecular weight excluding hydrogens is 424 g/mol. The van der Waals surface area contributed by atoms with Crippen LogP contribution in [0.3, 0.4) is 0 Å². The standard InChI is InChI=1S/C25H21ClN4O2/c1-18-7-5-8-19(13-18)25-20(16-30(29-25)22-10-3-2-4-11-22)15-27-28-24(31)17-32-23-12-6-9-21(26)14-23/h2-16H,17H2,1H3,(H,28,31)/b27-15-. The number of hydrogen-bond acceptors (Lipinski definition) is 4. The Labute approximate surface area is 191 Å². The molecule has 0 saturated carbocycles. The van der Waals surface area contributed by atoms with Crippen molar-refractivity contribution in [3.63, 3.8) is 0 Å². The number of carbonyl (C=O) groups is 1. The highest BCUT2D eigenvalue weighted by molar-refractivity contribution is 6.30. The maximum absolute atomic E-state index is 12.1. The lowest BCUT2D eigenvalue weighted by Crippen LogP contribution is -2.24. The number of hydrogen-bond donors (Lipinski definition) is 1. The summed E-state index contributed by atoms with van der Waals surface area (Å²) >= 11 is 5.92. The monoisotopic (exact) mass is 444 g/mol. The molecule has 0 atom stereocenters. The van der Waals surface area contributed by atoms with Gasteiger partial charge in [-0.2, -0.15) is 10.2 Å². The first-order valence-corrected chi connectivity index (χ1v) is 10.4. The average molecular weight is 445 g/mol. The number of aryl methyl sites for hydroxylation is 1. The van der Waals surface area contributed by atoms with Crippen LogP contribution in [0.25, 0.3) is 16.9 Å². The van der Waals surface area contributed by atoms with Gasteiger partial charge in [-0.25, -0.2) is 10.1 Å². The lowest BCUT2D eigenvalue weighted by atomic mass is 10.1. The molecule has 0 aliphatic rings.